The number of guanidine groups is 1. The van der Waals surface area contributed by atoms with E-state index in [1.165, 1.54) is 4.90 Å². The van der Waals surface area contributed by atoms with Gasteiger partial charge in [0.15, 0.2) is 5.96 Å². The number of carbonyl (C=O) groups is 5. The number of imide groups is 1. The number of hydrogen-bond donors (Lipinski definition) is 3. The predicted octanol–water partition coefficient (Wildman–Crippen LogP) is -0.490. The number of urea groups is 1. The summed E-state index contributed by atoms with van der Waals surface area (Å²) in [6.07, 6.45) is 1.04. The summed E-state index contributed by atoms with van der Waals surface area (Å²) in [6, 6.07) is -1.49. The number of aliphatic imine (C=N–C) groups is 1. The highest BCUT2D eigenvalue weighted by atomic mass is 16.6. The lowest BCUT2D eigenvalue weighted by Crippen LogP contribution is -2.71. The Balaban J connectivity index is 1.65. The number of rotatable bonds is 8. The zero-order valence-corrected chi connectivity index (χ0v) is 23.1. The first-order valence-corrected chi connectivity index (χ1v) is 13.6. The molecule has 0 radical (unpaired) electrons. The molecular formula is C25H42N8O6. The van der Waals surface area contributed by atoms with Gasteiger partial charge in [-0.15, -0.1) is 0 Å². The monoisotopic (exact) mass is 550 g/mol. The molecule has 3 unspecified atom stereocenters. The van der Waals surface area contributed by atoms with Gasteiger partial charge in [-0.2, -0.15) is 0 Å². The van der Waals surface area contributed by atoms with E-state index in [-0.39, 0.29) is 56.0 Å². The van der Waals surface area contributed by atoms with Gasteiger partial charge in [0.1, 0.15) is 12.1 Å². The number of primary amides is 1. The van der Waals surface area contributed by atoms with Gasteiger partial charge in [-0.3, -0.25) is 24.3 Å². The Morgan fingerprint density at radius 1 is 0.923 bits per heavy atom. The maximum atomic E-state index is 13.6. The summed E-state index contributed by atoms with van der Waals surface area (Å²) < 4.78 is 5.47. The highest BCUT2D eigenvalue weighted by molar-refractivity contribution is 6.09. The molecule has 3 saturated heterocycles. The number of piperazine rings is 1. The van der Waals surface area contributed by atoms with Gasteiger partial charge in [0.05, 0.1) is 5.92 Å². The molecular weight excluding hydrogens is 508 g/mol. The third kappa shape index (κ3) is 7.09. The minimum absolute atomic E-state index is 0.0571. The molecule has 218 valence electrons. The lowest BCUT2D eigenvalue weighted by atomic mass is 9.82. The van der Waals surface area contributed by atoms with Crippen molar-refractivity contribution in [3.8, 4) is 0 Å². The lowest BCUT2D eigenvalue weighted by Gasteiger charge is -2.49. The molecule has 3 atom stereocenters. The van der Waals surface area contributed by atoms with E-state index < -0.39 is 35.9 Å². The van der Waals surface area contributed by atoms with Crippen molar-refractivity contribution in [2.45, 2.75) is 58.6 Å². The van der Waals surface area contributed by atoms with Gasteiger partial charge < -0.3 is 36.6 Å². The molecule has 0 aromatic rings. The van der Waals surface area contributed by atoms with Crippen molar-refractivity contribution in [1.29, 1.82) is 0 Å². The number of piperidine rings is 1. The van der Waals surface area contributed by atoms with Crippen LogP contribution in [-0.4, -0.2) is 113 Å². The van der Waals surface area contributed by atoms with Crippen LogP contribution >= 0.6 is 0 Å². The highest BCUT2D eigenvalue weighted by Gasteiger charge is 2.56. The van der Waals surface area contributed by atoms with Crippen LogP contribution in [0.2, 0.25) is 0 Å². The Labute approximate surface area is 228 Å². The molecule has 3 aliphatic rings. The van der Waals surface area contributed by atoms with Gasteiger partial charge in [0.25, 0.3) is 0 Å². The fourth-order valence-corrected chi connectivity index (χ4v) is 5.02. The quantitative estimate of drug-likeness (QED) is 0.156. The molecule has 0 aromatic heterocycles. The van der Waals surface area contributed by atoms with Gasteiger partial charge in [-0.1, -0.05) is 13.8 Å². The zero-order chi connectivity index (χ0) is 28.9. The Kier molecular flexibility index (Phi) is 9.97. The second-order valence-electron chi connectivity index (χ2n) is 10.8. The van der Waals surface area contributed by atoms with Crippen molar-refractivity contribution in [3.63, 3.8) is 0 Å². The van der Waals surface area contributed by atoms with Crippen LogP contribution in [0.15, 0.2) is 4.99 Å². The van der Waals surface area contributed by atoms with Crippen molar-refractivity contribution in [2.24, 2.45) is 39.9 Å². The second kappa shape index (κ2) is 13.0. The Morgan fingerprint density at radius 3 is 2.05 bits per heavy atom. The smallest absolute Gasteiger partial charge is 0.410 e. The number of nitrogens with two attached hydrogens (primary N) is 3. The van der Waals surface area contributed by atoms with Crippen LogP contribution in [0, 0.1) is 17.8 Å². The van der Waals surface area contributed by atoms with Gasteiger partial charge in [-0.25, -0.2) is 9.59 Å². The SMILES string of the molecule is CC(C)C(C)OC(=O)N1CCN(C(=O)N2C(=O)C(CCCN=C(N)N)C2C(=O)N2CCC(C(N)=O)CC2)CC1. The molecule has 14 nitrogen and oxygen atoms in total. The van der Waals surface area contributed by atoms with Gasteiger partial charge in [0.2, 0.25) is 17.7 Å². The van der Waals surface area contributed by atoms with E-state index in [0.29, 0.717) is 45.3 Å². The number of β-lactam (4-membered cyclic amide) rings is 1. The normalized spacial score (nSPS) is 22.8. The third-order valence-electron chi connectivity index (χ3n) is 7.88. The first-order valence-electron chi connectivity index (χ1n) is 13.6. The number of hydrogen-bond acceptors (Lipinski definition) is 7. The molecule has 0 saturated carbocycles. The topological polar surface area (TPSA) is 198 Å². The molecule has 14 heteroatoms. The van der Waals surface area contributed by atoms with Gasteiger partial charge in [-0.05, 0) is 38.5 Å². The summed E-state index contributed by atoms with van der Waals surface area (Å²) in [4.78, 5) is 73.8. The average Bonchev–Trinajstić information content (AvgIpc) is 2.90. The van der Waals surface area contributed by atoms with Crippen LogP contribution in [0.1, 0.15) is 46.5 Å². The molecule has 3 fully saturated rings. The third-order valence-corrected chi connectivity index (χ3v) is 7.88. The fourth-order valence-electron chi connectivity index (χ4n) is 5.02. The molecule has 0 spiro atoms. The summed E-state index contributed by atoms with van der Waals surface area (Å²) in [5.41, 5.74) is 16.2. The number of amides is 6. The largest absolute Gasteiger partial charge is 0.446 e. The molecule has 6 amide bonds. The first kappa shape index (κ1) is 30.0. The Hall–Kier alpha value is -3.58. The van der Waals surface area contributed by atoms with Crippen LogP contribution in [0.4, 0.5) is 9.59 Å². The van der Waals surface area contributed by atoms with Crippen molar-refractivity contribution in [1.82, 2.24) is 19.6 Å². The predicted molar refractivity (Wildman–Crippen MR) is 142 cm³/mol. The van der Waals surface area contributed by atoms with Crippen LogP contribution in [0.5, 0.6) is 0 Å². The summed E-state index contributed by atoms with van der Waals surface area (Å²) >= 11 is 0. The number of carbonyl (C=O) groups excluding carboxylic acids is 5. The van der Waals surface area contributed by atoms with Crippen molar-refractivity contribution in [3.05, 3.63) is 0 Å². The van der Waals surface area contributed by atoms with Crippen LogP contribution in [0.3, 0.4) is 0 Å². The maximum absolute atomic E-state index is 13.6. The summed E-state index contributed by atoms with van der Waals surface area (Å²) in [7, 11) is 0. The standard InChI is InChI=1S/C25H42N8O6/c1-15(2)16(3)39-25(38)32-13-11-31(12-14-32)24(37)33-19(18(21(33)35)5-4-8-29-23(27)28)22(36)30-9-6-17(7-10-30)20(26)34/h15-19H,4-14H2,1-3H3,(H2,26,34)(H4,27,28,29). The number of nitrogens with zero attached hydrogens (tertiary/aromatic N) is 5. The molecule has 39 heavy (non-hydrogen) atoms. The van der Waals surface area contributed by atoms with E-state index in [9.17, 15) is 24.0 Å². The summed E-state index contributed by atoms with van der Waals surface area (Å²) in [5, 5.41) is 0. The second-order valence-corrected chi connectivity index (χ2v) is 10.8. The molecule has 0 aromatic carbocycles. The van der Waals surface area contributed by atoms with Crippen molar-refractivity contribution in [2.75, 3.05) is 45.8 Å². The van der Waals surface area contributed by atoms with E-state index in [0.717, 1.165) is 4.90 Å². The maximum Gasteiger partial charge on any atom is 0.410 e. The van der Waals surface area contributed by atoms with Crippen LogP contribution in [-0.2, 0) is 19.1 Å². The molecule has 6 N–H and O–H groups in total. The lowest BCUT2D eigenvalue weighted by molar-refractivity contribution is -0.164. The van der Waals surface area contributed by atoms with Crippen molar-refractivity contribution < 1.29 is 28.7 Å². The molecule has 0 aliphatic carbocycles. The Morgan fingerprint density at radius 2 is 1.51 bits per heavy atom. The van der Waals surface area contributed by atoms with E-state index >= 15 is 0 Å². The Bertz CT molecular complexity index is 968. The minimum Gasteiger partial charge on any atom is -0.446 e. The van der Waals surface area contributed by atoms with E-state index in [1.807, 2.05) is 20.8 Å². The summed E-state index contributed by atoms with van der Waals surface area (Å²) in [5.74, 6) is -1.96. The van der Waals surface area contributed by atoms with Crippen molar-refractivity contribution >= 4 is 35.8 Å². The first-order chi connectivity index (χ1) is 18.4. The minimum atomic E-state index is -0.941. The molecule has 3 heterocycles. The van der Waals surface area contributed by atoms with Gasteiger partial charge in [0, 0.05) is 51.7 Å². The zero-order valence-electron chi connectivity index (χ0n) is 23.1. The molecule has 3 rings (SSSR count). The number of likely N-dealkylation sites (tertiary alicyclic amines) is 2. The van der Waals surface area contributed by atoms with E-state index in [4.69, 9.17) is 21.9 Å². The van der Waals surface area contributed by atoms with Gasteiger partial charge >= 0.3 is 12.1 Å². The van der Waals surface area contributed by atoms with Crippen LogP contribution < -0.4 is 17.2 Å². The fraction of sp³-hybridized carbons (Fsp3) is 0.760. The summed E-state index contributed by atoms with van der Waals surface area (Å²) in [6.45, 7) is 7.68. The van der Waals surface area contributed by atoms with Crippen LogP contribution in [0.25, 0.3) is 0 Å². The molecule has 0 bridgehead atoms. The number of ether oxygens (including phenoxy) is 1. The average molecular weight is 551 g/mol. The highest BCUT2D eigenvalue weighted by Crippen LogP contribution is 2.34. The van der Waals surface area contributed by atoms with E-state index in [1.54, 1.807) is 9.80 Å². The molecule has 3 aliphatic heterocycles. The van der Waals surface area contributed by atoms with E-state index in [2.05, 4.69) is 4.99 Å².